The highest BCUT2D eigenvalue weighted by atomic mass is 32.2. The molecule has 4 nitrogen and oxygen atoms in total. The van der Waals surface area contributed by atoms with E-state index in [0.29, 0.717) is 13.0 Å². The second-order valence-corrected chi connectivity index (χ2v) is 8.71. The summed E-state index contributed by atoms with van der Waals surface area (Å²) in [5, 5.41) is 0. The third-order valence-electron chi connectivity index (χ3n) is 4.63. The molecule has 0 spiro atoms. The molecule has 0 aromatic heterocycles. The molecular formula is C24H21O4S+. The van der Waals surface area contributed by atoms with E-state index in [1.54, 1.807) is 0 Å². The van der Waals surface area contributed by atoms with Gasteiger partial charge in [0.2, 0.25) is 6.10 Å². The van der Waals surface area contributed by atoms with E-state index < -0.39 is 18.0 Å². The normalized spacial score (nSPS) is 15.9. The average molecular weight is 405 g/mol. The first-order valence-electron chi connectivity index (χ1n) is 9.50. The molecule has 1 aliphatic heterocycles. The molecular weight excluding hydrogens is 384 g/mol. The lowest BCUT2D eigenvalue weighted by atomic mass is 10.1. The van der Waals surface area contributed by atoms with Crippen LogP contribution in [0, 0.1) is 0 Å². The molecule has 0 radical (unpaired) electrons. The predicted octanol–water partition coefficient (Wildman–Crippen LogP) is 4.18. The van der Waals surface area contributed by atoms with E-state index in [-0.39, 0.29) is 17.3 Å². The Balaban J connectivity index is 1.52. The minimum absolute atomic E-state index is 0.133. The zero-order valence-electron chi connectivity index (χ0n) is 15.8. The molecule has 1 unspecified atom stereocenters. The van der Waals surface area contributed by atoms with Crippen molar-refractivity contribution in [2.45, 2.75) is 33.6 Å². The summed E-state index contributed by atoms with van der Waals surface area (Å²) in [5.74, 6) is -0.866. The van der Waals surface area contributed by atoms with Crippen molar-refractivity contribution >= 4 is 22.8 Å². The number of esters is 2. The number of cyclic esters (lactones) is 1. The van der Waals surface area contributed by atoms with E-state index in [9.17, 15) is 9.59 Å². The van der Waals surface area contributed by atoms with Gasteiger partial charge < -0.3 is 9.47 Å². The summed E-state index contributed by atoms with van der Waals surface area (Å²) in [6.45, 7) is 0.312. The fraction of sp³-hybridized carbons (Fsp3) is 0.167. The van der Waals surface area contributed by atoms with Gasteiger partial charge >= 0.3 is 11.9 Å². The zero-order valence-corrected chi connectivity index (χ0v) is 16.6. The molecule has 1 saturated heterocycles. The molecule has 29 heavy (non-hydrogen) atoms. The molecule has 5 heteroatoms. The molecule has 0 bridgehead atoms. The van der Waals surface area contributed by atoms with Crippen LogP contribution in [0.1, 0.15) is 12.0 Å². The first kappa shape index (κ1) is 19.3. The van der Waals surface area contributed by atoms with Crippen molar-refractivity contribution in [3.05, 3.63) is 90.5 Å². The topological polar surface area (TPSA) is 52.6 Å². The molecule has 1 heterocycles. The summed E-state index contributed by atoms with van der Waals surface area (Å²) in [4.78, 5) is 27.3. The highest BCUT2D eigenvalue weighted by molar-refractivity contribution is 7.97. The lowest BCUT2D eigenvalue weighted by Crippen LogP contribution is -2.23. The maximum atomic E-state index is 12.1. The van der Waals surface area contributed by atoms with Gasteiger partial charge in [-0.2, -0.15) is 0 Å². The summed E-state index contributed by atoms with van der Waals surface area (Å²) in [7, 11) is -0.221. The van der Waals surface area contributed by atoms with Gasteiger partial charge in [0.15, 0.2) is 14.7 Å². The maximum absolute atomic E-state index is 12.1. The van der Waals surface area contributed by atoms with Crippen LogP contribution in [0.4, 0.5) is 0 Å². The van der Waals surface area contributed by atoms with Crippen LogP contribution in [0.2, 0.25) is 0 Å². The monoisotopic (exact) mass is 405 g/mol. The summed E-state index contributed by atoms with van der Waals surface area (Å²) in [5.41, 5.74) is 0.856. The quantitative estimate of drug-likeness (QED) is 0.456. The van der Waals surface area contributed by atoms with Crippen molar-refractivity contribution in [2.24, 2.45) is 0 Å². The summed E-state index contributed by atoms with van der Waals surface area (Å²) >= 11 is 0. The van der Waals surface area contributed by atoms with Crippen LogP contribution in [-0.4, -0.2) is 24.6 Å². The van der Waals surface area contributed by atoms with Crippen LogP contribution in [0.3, 0.4) is 0 Å². The van der Waals surface area contributed by atoms with Crippen LogP contribution in [0.5, 0.6) is 0 Å². The van der Waals surface area contributed by atoms with Crippen LogP contribution < -0.4 is 0 Å². The maximum Gasteiger partial charge on any atom is 0.347 e. The van der Waals surface area contributed by atoms with Crippen molar-refractivity contribution in [3.8, 4) is 0 Å². The minimum Gasteiger partial charge on any atom is -0.463 e. The lowest BCUT2D eigenvalue weighted by Gasteiger charge is -2.10. The SMILES string of the molecule is O=C(Cc1ccc([S+](c2ccccc2)c2ccccc2)cc1)OC1CCOC1=O. The fourth-order valence-electron chi connectivity index (χ4n) is 3.22. The number of carbonyl (C=O) groups excluding carboxylic acids is 2. The Bertz CT molecular complexity index is 931. The standard InChI is InChI=1S/C24H21O4S/c25-23(28-22-15-16-27-24(22)26)17-18-11-13-21(14-12-18)29(19-7-3-1-4-8-19)20-9-5-2-6-10-20/h1-14,22H,15-17H2/q+1. The van der Waals surface area contributed by atoms with E-state index in [4.69, 9.17) is 9.47 Å². The number of carbonyl (C=O) groups is 2. The minimum atomic E-state index is -0.760. The number of benzene rings is 3. The molecule has 1 fully saturated rings. The van der Waals surface area contributed by atoms with Gasteiger partial charge in [-0.05, 0) is 42.0 Å². The van der Waals surface area contributed by atoms with Crippen molar-refractivity contribution in [1.29, 1.82) is 0 Å². The van der Waals surface area contributed by atoms with E-state index >= 15 is 0 Å². The predicted molar refractivity (Wildman–Crippen MR) is 111 cm³/mol. The number of hydrogen-bond acceptors (Lipinski definition) is 4. The highest BCUT2D eigenvalue weighted by Gasteiger charge is 2.31. The van der Waals surface area contributed by atoms with E-state index in [0.717, 1.165) is 5.56 Å². The Morgan fingerprint density at radius 2 is 1.41 bits per heavy atom. The Hall–Kier alpha value is -3.05. The Labute approximate surface area is 172 Å². The van der Waals surface area contributed by atoms with Gasteiger partial charge in [-0.25, -0.2) is 4.79 Å². The van der Waals surface area contributed by atoms with Gasteiger partial charge in [0.25, 0.3) is 0 Å². The van der Waals surface area contributed by atoms with Crippen molar-refractivity contribution in [3.63, 3.8) is 0 Å². The molecule has 3 aromatic carbocycles. The van der Waals surface area contributed by atoms with Gasteiger partial charge in [0.1, 0.15) is 0 Å². The zero-order chi connectivity index (χ0) is 20.1. The van der Waals surface area contributed by atoms with E-state index in [1.165, 1.54) is 14.7 Å². The summed E-state index contributed by atoms with van der Waals surface area (Å²) in [6.07, 6.45) is -0.196. The van der Waals surface area contributed by atoms with Crippen LogP contribution >= 0.6 is 0 Å². The second-order valence-electron chi connectivity index (χ2n) is 6.69. The third kappa shape index (κ3) is 4.69. The van der Waals surface area contributed by atoms with Gasteiger partial charge in [-0.3, -0.25) is 4.79 Å². The number of hydrogen-bond donors (Lipinski definition) is 0. The van der Waals surface area contributed by atoms with Crippen molar-refractivity contribution in [1.82, 2.24) is 0 Å². The first-order valence-corrected chi connectivity index (χ1v) is 10.7. The molecule has 146 valence electrons. The molecule has 0 aliphatic carbocycles. The lowest BCUT2D eigenvalue weighted by molar-refractivity contribution is -0.159. The Morgan fingerprint density at radius 1 is 0.862 bits per heavy atom. The molecule has 0 N–H and O–H groups in total. The van der Waals surface area contributed by atoms with Crippen LogP contribution in [-0.2, 0) is 36.4 Å². The molecule has 0 amide bonds. The third-order valence-corrected chi connectivity index (χ3v) is 6.86. The molecule has 3 aromatic rings. The second kappa shape index (κ2) is 8.97. The molecule has 1 atom stereocenters. The van der Waals surface area contributed by atoms with Gasteiger partial charge in [0.05, 0.1) is 23.9 Å². The average Bonchev–Trinajstić information content (AvgIpc) is 3.15. The summed E-state index contributed by atoms with van der Waals surface area (Å²) in [6, 6.07) is 28.8. The van der Waals surface area contributed by atoms with Crippen molar-refractivity contribution < 1.29 is 19.1 Å². The van der Waals surface area contributed by atoms with E-state index in [2.05, 4.69) is 60.7 Å². The Morgan fingerprint density at radius 3 is 1.93 bits per heavy atom. The van der Waals surface area contributed by atoms with Crippen molar-refractivity contribution in [2.75, 3.05) is 6.61 Å². The Kier molecular flexibility index (Phi) is 5.96. The molecule has 0 saturated carbocycles. The molecule has 4 rings (SSSR count). The first-order chi connectivity index (χ1) is 14.2. The smallest absolute Gasteiger partial charge is 0.347 e. The summed E-state index contributed by atoms with van der Waals surface area (Å²) < 4.78 is 10.1. The van der Waals surface area contributed by atoms with Gasteiger partial charge in [-0.15, -0.1) is 0 Å². The highest BCUT2D eigenvalue weighted by Crippen LogP contribution is 2.31. The number of rotatable bonds is 6. The number of ether oxygens (including phenoxy) is 2. The van der Waals surface area contributed by atoms with Crippen LogP contribution in [0.15, 0.2) is 99.6 Å². The van der Waals surface area contributed by atoms with E-state index in [1.807, 2.05) is 24.3 Å². The largest absolute Gasteiger partial charge is 0.463 e. The fourth-order valence-corrected chi connectivity index (χ4v) is 5.30. The van der Waals surface area contributed by atoms with Gasteiger partial charge in [-0.1, -0.05) is 48.5 Å². The van der Waals surface area contributed by atoms with Gasteiger partial charge in [0, 0.05) is 6.42 Å². The molecule has 1 aliphatic rings. The van der Waals surface area contributed by atoms with Crippen LogP contribution in [0.25, 0.3) is 0 Å².